The van der Waals surface area contributed by atoms with Crippen molar-refractivity contribution in [1.29, 1.82) is 0 Å². The van der Waals surface area contributed by atoms with Crippen molar-refractivity contribution in [3.63, 3.8) is 0 Å². The molecule has 2 amide bonds. The molecule has 0 radical (unpaired) electrons. The molecule has 1 aromatic rings. The summed E-state index contributed by atoms with van der Waals surface area (Å²) in [6, 6.07) is 7.95. The van der Waals surface area contributed by atoms with Crippen molar-refractivity contribution in [3.05, 3.63) is 29.8 Å². The van der Waals surface area contributed by atoms with Gasteiger partial charge in [-0.25, -0.2) is 4.79 Å². The molecule has 1 aromatic carbocycles. The molecule has 6 heteroatoms. The zero-order chi connectivity index (χ0) is 17.2. The van der Waals surface area contributed by atoms with Gasteiger partial charge in [0.15, 0.2) is 0 Å². The molecule has 1 saturated heterocycles. The van der Waals surface area contributed by atoms with Gasteiger partial charge in [0.25, 0.3) is 0 Å². The number of methoxy groups -OCH3 is 2. The lowest BCUT2D eigenvalue weighted by atomic mass is 10.1. The number of piperazine rings is 1. The second-order valence-corrected chi connectivity index (χ2v) is 5.97. The molecule has 1 aliphatic rings. The summed E-state index contributed by atoms with van der Waals surface area (Å²) in [5, 5.41) is 3.01. The predicted octanol–water partition coefficient (Wildman–Crippen LogP) is 1.60. The number of urea groups is 1. The van der Waals surface area contributed by atoms with Crippen molar-refractivity contribution in [3.8, 4) is 5.75 Å². The van der Waals surface area contributed by atoms with E-state index in [-0.39, 0.29) is 6.03 Å². The number of benzene rings is 1. The molecule has 2 rings (SSSR count). The first-order valence-electron chi connectivity index (χ1n) is 8.60. The molecule has 6 nitrogen and oxygen atoms in total. The van der Waals surface area contributed by atoms with E-state index < -0.39 is 0 Å². The van der Waals surface area contributed by atoms with Crippen LogP contribution in [0, 0.1) is 0 Å². The summed E-state index contributed by atoms with van der Waals surface area (Å²) in [4.78, 5) is 16.5. The first-order valence-corrected chi connectivity index (χ1v) is 8.60. The van der Waals surface area contributed by atoms with E-state index in [0.717, 1.165) is 63.5 Å². The minimum absolute atomic E-state index is 0.0291. The molecule has 0 saturated carbocycles. The molecule has 1 N–H and O–H groups in total. The Bertz CT molecular complexity index is 502. The SMILES string of the molecule is COCCCN1CCN(C(=O)NCCc2ccccc2OC)CC1. The van der Waals surface area contributed by atoms with Gasteiger partial charge in [-0.05, 0) is 24.5 Å². The average molecular weight is 335 g/mol. The highest BCUT2D eigenvalue weighted by atomic mass is 16.5. The van der Waals surface area contributed by atoms with E-state index in [1.54, 1.807) is 14.2 Å². The molecular weight excluding hydrogens is 306 g/mol. The molecule has 0 aromatic heterocycles. The summed E-state index contributed by atoms with van der Waals surface area (Å²) in [6.45, 7) is 5.89. The van der Waals surface area contributed by atoms with Gasteiger partial charge in [-0.1, -0.05) is 18.2 Å². The Kier molecular flexibility index (Phi) is 7.85. The standard InChI is InChI=1S/C18H29N3O3/c1-23-15-5-10-20-11-13-21(14-12-20)18(22)19-9-8-16-6-3-4-7-17(16)24-2/h3-4,6-7H,5,8-15H2,1-2H3,(H,19,22). The van der Waals surface area contributed by atoms with E-state index in [4.69, 9.17) is 9.47 Å². The number of ether oxygens (including phenoxy) is 2. The summed E-state index contributed by atoms with van der Waals surface area (Å²) in [5.41, 5.74) is 1.11. The van der Waals surface area contributed by atoms with E-state index >= 15 is 0 Å². The van der Waals surface area contributed by atoms with Crippen molar-refractivity contribution in [2.24, 2.45) is 0 Å². The Balaban J connectivity index is 1.66. The van der Waals surface area contributed by atoms with Crippen LogP contribution in [0.1, 0.15) is 12.0 Å². The first kappa shape index (κ1) is 18.5. The number of nitrogens with one attached hydrogen (secondary N) is 1. The second-order valence-electron chi connectivity index (χ2n) is 5.97. The zero-order valence-corrected chi connectivity index (χ0v) is 14.8. The molecule has 1 aliphatic heterocycles. The fourth-order valence-electron chi connectivity index (χ4n) is 2.93. The van der Waals surface area contributed by atoms with E-state index in [0.29, 0.717) is 6.54 Å². The Labute approximate surface area is 144 Å². The number of rotatable bonds is 8. The number of carbonyl (C=O) groups excluding carboxylic acids is 1. The van der Waals surface area contributed by atoms with Crippen LogP contribution in [0.5, 0.6) is 5.75 Å². The van der Waals surface area contributed by atoms with Gasteiger partial charge in [0.1, 0.15) is 5.75 Å². The van der Waals surface area contributed by atoms with Crippen LogP contribution in [0.15, 0.2) is 24.3 Å². The van der Waals surface area contributed by atoms with Crippen molar-refractivity contribution >= 4 is 6.03 Å². The fourth-order valence-corrected chi connectivity index (χ4v) is 2.93. The summed E-state index contributed by atoms with van der Waals surface area (Å²) in [5.74, 6) is 0.872. The largest absolute Gasteiger partial charge is 0.496 e. The van der Waals surface area contributed by atoms with Gasteiger partial charge in [0.2, 0.25) is 0 Å². The molecule has 0 spiro atoms. The van der Waals surface area contributed by atoms with Gasteiger partial charge in [-0.3, -0.25) is 4.90 Å². The van der Waals surface area contributed by atoms with Crippen LogP contribution in [0.4, 0.5) is 4.79 Å². The maximum Gasteiger partial charge on any atom is 0.317 e. The van der Waals surface area contributed by atoms with Crippen LogP contribution in [0.3, 0.4) is 0 Å². The van der Waals surface area contributed by atoms with Crippen molar-refractivity contribution in [2.45, 2.75) is 12.8 Å². The quantitative estimate of drug-likeness (QED) is 0.733. The minimum Gasteiger partial charge on any atom is -0.496 e. The van der Waals surface area contributed by atoms with E-state index in [2.05, 4.69) is 10.2 Å². The smallest absolute Gasteiger partial charge is 0.317 e. The van der Waals surface area contributed by atoms with Gasteiger partial charge in [0.05, 0.1) is 7.11 Å². The number of hydrogen-bond acceptors (Lipinski definition) is 4. The number of carbonyl (C=O) groups is 1. The predicted molar refractivity (Wildman–Crippen MR) is 94.6 cm³/mol. The highest BCUT2D eigenvalue weighted by Crippen LogP contribution is 2.17. The summed E-state index contributed by atoms with van der Waals surface area (Å²) >= 11 is 0. The number of para-hydroxylation sites is 1. The van der Waals surface area contributed by atoms with Gasteiger partial charge in [-0.2, -0.15) is 0 Å². The topological polar surface area (TPSA) is 54.0 Å². The zero-order valence-electron chi connectivity index (χ0n) is 14.8. The van der Waals surface area contributed by atoms with Crippen molar-refractivity contribution in [2.75, 3.05) is 60.1 Å². The Morgan fingerprint density at radius 2 is 1.92 bits per heavy atom. The molecule has 0 aliphatic carbocycles. The third kappa shape index (κ3) is 5.69. The lowest BCUT2D eigenvalue weighted by molar-refractivity contribution is 0.125. The van der Waals surface area contributed by atoms with Crippen LogP contribution < -0.4 is 10.1 Å². The normalized spacial score (nSPS) is 15.3. The molecule has 134 valence electrons. The van der Waals surface area contributed by atoms with Gasteiger partial charge in [0, 0.05) is 53.0 Å². The highest BCUT2D eigenvalue weighted by molar-refractivity contribution is 5.74. The lowest BCUT2D eigenvalue weighted by Gasteiger charge is -2.34. The van der Waals surface area contributed by atoms with Crippen LogP contribution in [0.2, 0.25) is 0 Å². The molecule has 1 fully saturated rings. The van der Waals surface area contributed by atoms with Gasteiger partial charge in [-0.15, -0.1) is 0 Å². The van der Waals surface area contributed by atoms with Crippen molar-refractivity contribution < 1.29 is 14.3 Å². The minimum atomic E-state index is 0.0291. The Morgan fingerprint density at radius 1 is 1.17 bits per heavy atom. The number of amides is 2. The van der Waals surface area contributed by atoms with Gasteiger partial charge >= 0.3 is 6.03 Å². The molecule has 1 heterocycles. The van der Waals surface area contributed by atoms with Crippen LogP contribution in [-0.4, -0.2) is 75.9 Å². The third-order valence-corrected chi connectivity index (χ3v) is 4.35. The Hall–Kier alpha value is -1.79. The third-order valence-electron chi connectivity index (χ3n) is 4.35. The summed E-state index contributed by atoms with van der Waals surface area (Å²) in [7, 11) is 3.40. The molecule has 0 unspecified atom stereocenters. The number of hydrogen-bond donors (Lipinski definition) is 1. The maximum atomic E-state index is 12.3. The maximum absolute atomic E-state index is 12.3. The summed E-state index contributed by atoms with van der Waals surface area (Å²) in [6.07, 6.45) is 1.81. The van der Waals surface area contributed by atoms with E-state index in [1.165, 1.54) is 0 Å². The van der Waals surface area contributed by atoms with Crippen LogP contribution in [-0.2, 0) is 11.2 Å². The second kappa shape index (κ2) is 10.2. The van der Waals surface area contributed by atoms with Crippen LogP contribution >= 0.6 is 0 Å². The van der Waals surface area contributed by atoms with Crippen LogP contribution in [0.25, 0.3) is 0 Å². The van der Waals surface area contributed by atoms with Gasteiger partial charge < -0.3 is 19.7 Å². The molecule has 24 heavy (non-hydrogen) atoms. The molecule has 0 atom stereocenters. The molecular formula is C18H29N3O3. The van der Waals surface area contributed by atoms with E-state index in [9.17, 15) is 4.79 Å². The first-order chi connectivity index (χ1) is 11.7. The average Bonchev–Trinajstić information content (AvgIpc) is 2.63. The summed E-state index contributed by atoms with van der Waals surface area (Å²) < 4.78 is 10.4. The van der Waals surface area contributed by atoms with Crippen molar-refractivity contribution in [1.82, 2.24) is 15.1 Å². The monoisotopic (exact) mass is 335 g/mol. The number of nitrogens with zero attached hydrogens (tertiary/aromatic N) is 2. The lowest BCUT2D eigenvalue weighted by Crippen LogP contribution is -2.52. The van der Waals surface area contributed by atoms with E-state index in [1.807, 2.05) is 29.2 Å². The highest BCUT2D eigenvalue weighted by Gasteiger charge is 2.20. The molecule has 0 bridgehead atoms. The fraction of sp³-hybridized carbons (Fsp3) is 0.611. The Morgan fingerprint density at radius 3 is 2.62 bits per heavy atom.